The molecule has 2 heterocycles. The molecule has 0 bridgehead atoms. The Morgan fingerprint density at radius 3 is 2.39 bits per heavy atom. The van der Waals surface area contributed by atoms with Gasteiger partial charge in [-0.2, -0.15) is 0 Å². The molecule has 0 amide bonds. The van der Waals surface area contributed by atoms with E-state index < -0.39 is 0 Å². The Kier molecular flexibility index (Phi) is 6.04. The third-order valence-corrected chi connectivity index (χ3v) is 5.93. The van der Waals surface area contributed by atoms with Crippen molar-refractivity contribution in [3.63, 3.8) is 0 Å². The fraction of sp³-hybridized carbons (Fsp3) is 0.333. The number of aromatic nitrogens is 2. The number of hydrogen-bond donors (Lipinski definition) is 0. The maximum absolute atomic E-state index is 5.07. The Labute approximate surface area is 174 Å². The zero-order valence-electron chi connectivity index (χ0n) is 17.0. The van der Waals surface area contributed by atoms with E-state index in [1.165, 1.54) is 22.3 Å². The van der Waals surface area contributed by atoms with Gasteiger partial charge >= 0.3 is 0 Å². The zero-order chi connectivity index (χ0) is 19.0. The number of anilines is 1. The summed E-state index contributed by atoms with van der Waals surface area (Å²) in [5, 5.41) is 0. The molecule has 3 nitrogen and oxygen atoms in total. The monoisotopic (exact) mass is 393 g/mol. The molecular formula is C24H28ClN3. The number of halogens is 1. The minimum Gasteiger partial charge on any atom is -0.349 e. The van der Waals surface area contributed by atoms with Crippen LogP contribution in [0, 0.1) is 13.8 Å². The van der Waals surface area contributed by atoms with Gasteiger partial charge in [0.05, 0.1) is 6.04 Å². The third kappa shape index (κ3) is 3.64. The lowest BCUT2D eigenvalue weighted by atomic mass is 9.93. The molecule has 3 aromatic rings. The smallest absolute Gasteiger partial charge is 0.138 e. The SMILES string of the molecule is Cc1nc(C(C)c2ccccc2)nc(N2CCc3ccccc3[C@H]2C)c1C.Cl. The largest absolute Gasteiger partial charge is 0.349 e. The van der Waals surface area contributed by atoms with Gasteiger partial charge in [-0.05, 0) is 43.9 Å². The summed E-state index contributed by atoms with van der Waals surface area (Å²) in [7, 11) is 0. The van der Waals surface area contributed by atoms with Crippen LogP contribution in [-0.2, 0) is 6.42 Å². The molecule has 0 fully saturated rings. The van der Waals surface area contributed by atoms with Gasteiger partial charge < -0.3 is 4.90 Å². The fourth-order valence-corrected chi connectivity index (χ4v) is 4.06. The Morgan fingerprint density at radius 1 is 0.964 bits per heavy atom. The normalized spacial score (nSPS) is 16.9. The summed E-state index contributed by atoms with van der Waals surface area (Å²) in [5.74, 6) is 2.17. The van der Waals surface area contributed by atoms with E-state index in [2.05, 4.69) is 87.2 Å². The van der Waals surface area contributed by atoms with E-state index in [0.717, 1.165) is 30.3 Å². The maximum Gasteiger partial charge on any atom is 0.138 e. The van der Waals surface area contributed by atoms with Crippen molar-refractivity contribution in [1.29, 1.82) is 0 Å². The van der Waals surface area contributed by atoms with E-state index in [4.69, 9.17) is 9.97 Å². The number of nitrogens with zero attached hydrogens (tertiary/aromatic N) is 3. The van der Waals surface area contributed by atoms with Crippen molar-refractivity contribution in [2.45, 2.75) is 46.1 Å². The molecule has 1 aliphatic rings. The summed E-state index contributed by atoms with van der Waals surface area (Å²) in [6.07, 6.45) is 1.06. The summed E-state index contributed by atoms with van der Waals surface area (Å²) in [4.78, 5) is 12.4. The number of aryl methyl sites for hydroxylation is 1. The average molecular weight is 394 g/mol. The van der Waals surface area contributed by atoms with E-state index in [-0.39, 0.29) is 18.3 Å². The van der Waals surface area contributed by atoms with Crippen molar-refractivity contribution < 1.29 is 0 Å². The second kappa shape index (κ2) is 8.32. The highest BCUT2D eigenvalue weighted by molar-refractivity contribution is 5.85. The molecule has 0 N–H and O–H groups in total. The summed E-state index contributed by atoms with van der Waals surface area (Å²) >= 11 is 0. The lowest BCUT2D eigenvalue weighted by Gasteiger charge is -2.37. The molecule has 4 heteroatoms. The predicted octanol–water partition coefficient (Wildman–Crippen LogP) is 5.79. The first-order chi connectivity index (χ1) is 13.1. The Bertz CT molecular complexity index is 955. The molecule has 4 rings (SSSR count). The quantitative estimate of drug-likeness (QED) is 0.563. The van der Waals surface area contributed by atoms with Crippen molar-refractivity contribution in [2.75, 3.05) is 11.4 Å². The van der Waals surface area contributed by atoms with E-state index in [1.54, 1.807) is 0 Å². The van der Waals surface area contributed by atoms with Crippen molar-refractivity contribution >= 4 is 18.2 Å². The summed E-state index contributed by atoms with van der Waals surface area (Å²) < 4.78 is 0. The number of benzene rings is 2. The standard InChI is InChI=1S/C24H27N3.ClH/c1-16-18(3)25-23(17(2)20-10-6-5-7-11-20)26-24(16)27-15-14-21-12-8-9-13-22(21)19(27)4;/h5-13,17,19H,14-15H2,1-4H3;1H/t17?,19-;/m1./s1. The highest BCUT2D eigenvalue weighted by Gasteiger charge is 2.27. The van der Waals surface area contributed by atoms with Crippen LogP contribution >= 0.6 is 12.4 Å². The molecule has 0 spiro atoms. The third-order valence-electron chi connectivity index (χ3n) is 5.93. The molecule has 2 atom stereocenters. The molecule has 28 heavy (non-hydrogen) atoms. The van der Waals surface area contributed by atoms with E-state index in [0.29, 0.717) is 6.04 Å². The second-order valence-electron chi connectivity index (χ2n) is 7.57. The van der Waals surface area contributed by atoms with Gasteiger partial charge in [0.25, 0.3) is 0 Å². The molecule has 1 aliphatic heterocycles. The molecule has 0 aliphatic carbocycles. The minimum atomic E-state index is 0. The van der Waals surface area contributed by atoms with Crippen LogP contribution in [-0.4, -0.2) is 16.5 Å². The van der Waals surface area contributed by atoms with Gasteiger partial charge in [-0.15, -0.1) is 12.4 Å². The Balaban J connectivity index is 0.00000225. The number of fused-ring (bicyclic) bond motifs is 1. The molecule has 2 aromatic carbocycles. The fourth-order valence-electron chi connectivity index (χ4n) is 4.06. The van der Waals surface area contributed by atoms with Crippen molar-refractivity contribution in [3.05, 3.63) is 88.4 Å². The first-order valence-electron chi connectivity index (χ1n) is 9.80. The molecule has 0 radical (unpaired) electrons. The summed E-state index contributed by atoms with van der Waals surface area (Å²) in [5.41, 5.74) is 6.39. The van der Waals surface area contributed by atoms with E-state index in [9.17, 15) is 0 Å². The summed E-state index contributed by atoms with van der Waals surface area (Å²) in [6.45, 7) is 9.72. The lowest BCUT2D eigenvalue weighted by molar-refractivity contribution is 0.609. The molecule has 1 unspecified atom stereocenters. The zero-order valence-corrected chi connectivity index (χ0v) is 17.8. The van der Waals surface area contributed by atoms with Crippen LogP contribution in [0.5, 0.6) is 0 Å². The molecular weight excluding hydrogens is 366 g/mol. The van der Waals surface area contributed by atoms with Crippen LogP contribution in [0.2, 0.25) is 0 Å². The minimum absolute atomic E-state index is 0. The Morgan fingerprint density at radius 2 is 1.64 bits per heavy atom. The first-order valence-corrected chi connectivity index (χ1v) is 9.80. The van der Waals surface area contributed by atoms with Gasteiger partial charge in [-0.25, -0.2) is 9.97 Å². The summed E-state index contributed by atoms with van der Waals surface area (Å²) in [6, 6.07) is 19.6. The van der Waals surface area contributed by atoms with E-state index >= 15 is 0 Å². The molecule has 0 saturated heterocycles. The maximum atomic E-state index is 5.07. The van der Waals surface area contributed by atoms with Gasteiger partial charge in [0, 0.05) is 23.7 Å². The van der Waals surface area contributed by atoms with Crippen molar-refractivity contribution in [3.8, 4) is 0 Å². The first kappa shape index (κ1) is 20.3. The molecule has 146 valence electrons. The van der Waals surface area contributed by atoms with Crippen molar-refractivity contribution in [2.24, 2.45) is 0 Å². The van der Waals surface area contributed by atoms with Gasteiger partial charge in [0.2, 0.25) is 0 Å². The second-order valence-corrected chi connectivity index (χ2v) is 7.57. The van der Waals surface area contributed by atoms with Crippen LogP contribution in [0.3, 0.4) is 0 Å². The van der Waals surface area contributed by atoms with Gasteiger partial charge in [-0.1, -0.05) is 61.5 Å². The predicted molar refractivity (Wildman–Crippen MR) is 119 cm³/mol. The van der Waals surface area contributed by atoms with Gasteiger partial charge in [-0.3, -0.25) is 0 Å². The lowest BCUT2D eigenvalue weighted by Crippen LogP contribution is -2.35. The highest BCUT2D eigenvalue weighted by Crippen LogP contribution is 2.35. The van der Waals surface area contributed by atoms with E-state index in [1.807, 2.05) is 0 Å². The van der Waals surface area contributed by atoms with Crippen LogP contribution in [0.1, 0.15) is 59.6 Å². The van der Waals surface area contributed by atoms with Crippen molar-refractivity contribution in [1.82, 2.24) is 9.97 Å². The average Bonchev–Trinajstić information content (AvgIpc) is 2.71. The number of rotatable bonds is 3. The highest BCUT2D eigenvalue weighted by atomic mass is 35.5. The van der Waals surface area contributed by atoms with Crippen LogP contribution in [0.15, 0.2) is 54.6 Å². The number of hydrogen-bond acceptors (Lipinski definition) is 3. The van der Waals surface area contributed by atoms with Crippen LogP contribution in [0.4, 0.5) is 5.82 Å². The molecule has 0 saturated carbocycles. The Hall–Kier alpha value is -2.39. The topological polar surface area (TPSA) is 29.0 Å². The van der Waals surface area contributed by atoms with Gasteiger partial charge in [0.15, 0.2) is 0 Å². The molecule has 1 aromatic heterocycles. The van der Waals surface area contributed by atoms with Crippen LogP contribution < -0.4 is 4.90 Å². The van der Waals surface area contributed by atoms with Gasteiger partial charge in [0.1, 0.15) is 11.6 Å². The van der Waals surface area contributed by atoms with Crippen LogP contribution in [0.25, 0.3) is 0 Å².